The van der Waals surface area contributed by atoms with Gasteiger partial charge in [-0.3, -0.25) is 0 Å². The molecule has 228 valence electrons. The Bertz CT molecular complexity index is 1530. The molecule has 3 aliphatic carbocycles. The Kier molecular flexibility index (Phi) is 8.05. The number of halogens is 1. The van der Waals surface area contributed by atoms with Crippen LogP contribution in [0.5, 0.6) is 5.75 Å². The molecule has 2 saturated carbocycles. The zero-order valence-electron chi connectivity index (χ0n) is 25.5. The van der Waals surface area contributed by atoms with Gasteiger partial charge in [0.2, 0.25) is 0 Å². The third kappa shape index (κ3) is 5.68. The summed E-state index contributed by atoms with van der Waals surface area (Å²) in [5.74, 6) is 2.14. The minimum atomic E-state index is -0.546. The fraction of sp³-hybridized carbons (Fsp3) is 0.576. The average molecular weight is 650 g/mol. The summed E-state index contributed by atoms with van der Waals surface area (Å²) in [7, 11) is 1.68. The number of aromatic nitrogens is 3. The largest absolute Gasteiger partial charge is 0.497 e. The molecular formula is C33H41BrN6O3. The molecule has 0 bridgehead atoms. The second-order valence-electron chi connectivity index (χ2n) is 13.4. The third-order valence-electron chi connectivity index (χ3n) is 9.56. The molecule has 3 atom stereocenters. The first-order valence-corrected chi connectivity index (χ1v) is 16.2. The van der Waals surface area contributed by atoms with Crippen LogP contribution in [0, 0.1) is 17.2 Å². The molecule has 2 heterocycles. The van der Waals surface area contributed by atoms with Crippen LogP contribution in [-0.4, -0.2) is 45.5 Å². The van der Waals surface area contributed by atoms with E-state index >= 15 is 0 Å². The number of hydrogen-bond acceptors (Lipinski definition) is 7. The van der Waals surface area contributed by atoms with Crippen molar-refractivity contribution in [3.8, 4) is 11.8 Å². The number of ether oxygens (including phenoxy) is 2. The molecule has 2 aromatic heterocycles. The Hall–Kier alpha value is -3.32. The molecule has 6 rings (SSSR count). The van der Waals surface area contributed by atoms with Crippen LogP contribution in [0.1, 0.15) is 89.0 Å². The zero-order chi connectivity index (χ0) is 30.4. The number of hydrogen-bond donors (Lipinski definition) is 1. The van der Waals surface area contributed by atoms with Crippen molar-refractivity contribution in [1.82, 2.24) is 19.9 Å². The van der Waals surface area contributed by atoms with E-state index in [1.54, 1.807) is 7.11 Å². The number of methoxy groups -OCH3 is 1. The number of amides is 1. The van der Waals surface area contributed by atoms with Crippen molar-refractivity contribution in [2.45, 2.75) is 108 Å². The SMILES string of the molecule is COc1ccc(CN(c2c3c(nc4c(Br)cnn24)C2(CCCC2)C(CC#N)C3)[C@H]2CC[C@H](NC(=O)OC(C)(C)C)C2)cc1. The minimum Gasteiger partial charge on any atom is -0.497 e. The quantitative estimate of drug-likeness (QED) is 0.299. The van der Waals surface area contributed by atoms with E-state index in [4.69, 9.17) is 19.6 Å². The van der Waals surface area contributed by atoms with E-state index in [2.05, 4.69) is 44.3 Å². The molecule has 1 N–H and O–H groups in total. The van der Waals surface area contributed by atoms with Crippen LogP contribution in [0.3, 0.4) is 0 Å². The molecule has 1 aromatic carbocycles. The predicted molar refractivity (Wildman–Crippen MR) is 168 cm³/mol. The molecule has 0 aliphatic heterocycles. The first-order valence-electron chi connectivity index (χ1n) is 15.4. The maximum atomic E-state index is 12.7. The number of carbonyl (C=O) groups is 1. The number of anilines is 1. The summed E-state index contributed by atoms with van der Waals surface area (Å²) >= 11 is 3.74. The van der Waals surface area contributed by atoms with Gasteiger partial charge in [-0.05, 0) is 98.8 Å². The van der Waals surface area contributed by atoms with Gasteiger partial charge in [-0.2, -0.15) is 14.9 Å². The standard InChI is InChI=1S/C33H41BrN6O3/c1-32(2,3)43-31(41)37-23-9-10-24(18-23)39(20-21-7-11-25(42-4)12-8-21)30-26-17-22(13-16-35)33(14-5-6-15-33)28(26)38-29-27(34)19-36-40(29)30/h7-8,11-12,19,22-24H,5-6,9-10,13-15,17-18,20H2,1-4H3,(H,37,41)/t22?,23-,24-/m0/s1. The van der Waals surface area contributed by atoms with Crippen molar-refractivity contribution in [3.63, 3.8) is 0 Å². The smallest absolute Gasteiger partial charge is 0.407 e. The molecule has 3 aliphatic rings. The van der Waals surface area contributed by atoms with Crippen molar-refractivity contribution >= 4 is 33.5 Å². The lowest BCUT2D eigenvalue weighted by molar-refractivity contribution is 0.0505. The van der Waals surface area contributed by atoms with E-state index in [0.29, 0.717) is 13.0 Å². The lowest BCUT2D eigenvalue weighted by atomic mass is 9.74. The summed E-state index contributed by atoms with van der Waals surface area (Å²) in [6, 6.07) is 10.9. The Morgan fingerprint density at radius 2 is 1.98 bits per heavy atom. The molecule has 1 unspecified atom stereocenters. The number of nitrogens with one attached hydrogen (secondary N) is 1. The topological polar surface area (TPSA) is 105 Å². The zero-order valence-corrected chi connectivity index (χ0v) is 27.1. The van der Waals surface area contributed by atoms with Crippen LogP contribution >= 0.6 is 15.9 Å². The molecule has 1 spiro atoms. The molecular weight excluding hydrogens is 608 g/mol. The highest BCUT2D eigenvalue weighted by molar-refractivity contribution is 9.10. The van der Waals surface area contributed by atoms with Crippen molar-refractivity contribution in [1.29, 1.82) is 5.26 Å². The number of alkyl carbamates (subject to hydrolysis) is 1. The highest BCUT2D eigenvalue weighted by Crippen LogP contribution is 2.56. The average Bonchev–Trinajstić information content (AvgIpc) is 3.76. The van der Waals surface area contributed by atoms with Gasteiger partial charge in [0.15, 0.2) is 5.65 Å². The Labute approximate surface area is 262 Å². The number of nitrogens with zero attached hydrogens (tertiary/aromatic N) is 5. The predicted octanol–water partition coefficient (Wildman–Crippen LogP) is 6.85. The van der Waals surface area contributed by atoms with Crippen LogP contribution in [0.25, 0.3) is 5.65 Å². The maximum absolute atomic E-state index is 12.7. The van der Waals surface area contributed by atoms with Crippen LogP contribution < -0.4 is 15.0 Å². The first kappa shape index (κ1) is 29.7. The van der Waals surface area contributed by atoms with Crippen LogP contribution in [-0.2, 0) is 23.1 Å². The summed E-state index contributed by atoms with van der Waals surface area (Å²) in [4.78, 5) is 20.5. The molecule has 0 radical (unpaired) electrons. The number of carbonyl (C=O) groups excluding carboxylic acids is 1. The van der Waals surface area contributed by atoms with Gasteiger partial charge in [-0.15, -0.1) is 0 Å². The van der Waals surface area contributed by atoms with E-state index in [1.165, 1.54) is 18.4 Å². The number of fused-ring (bicyclic) bond motifs is 3. The normalized spacial score (nSPS) is 22.5. The first-order chi connectivity index (χ1) is 20.6. The molecule has 43 heavy (non-hydrogen) atoms. The van der Waals surface area contributed by atoms with Gasteiger partial charge < -0.3 is 19.7 Å². The molecule has 10 heteroatoms. The summed E-state index contributed by atoms with van der Waals surface area (Å²) in [5.41, 5.74) is 3.76. The van der Waals surface area contributed by atoms with Gasteiger partial charge in [0.25, 0.3) is 0 Å². The highest BCUT2D eigenvalue weighted by Gasteiger charge is 2.51. The molecule has 9 nitrogen and oxygen atoms in total. The van der Waals surface area contributed by atoms with Crippen molar-refractivity contribution in [2.75, 3.05) is 12.0 Å². The van der Waals surface area contributed by atoms with Crippen molar-refractivity contribution in [3.05, 3.63) is 51.8 Å². The van der Waals surface area contributed by atoms with E-state index < -0.39 is 5.60 Å². The maximum Gasteiger partial charge on any atom is 0.407 e. The van der Waals surface area contributed by atoms with Gasteiger partial charge in [0.1, 0.15) is 17.2 Å². The minimum absolute atomic E-state index is 0.0143. The highest BCUT2D eigenvalue weighted by atomic mass is 79.9. The summed E-state index contributed by atoms with van der Waals surface area (Å²) in [6.45, 7) is 6.32. The molecule has 2 fully saturated rings. The van der Waals surface area contributed by atoms with Crippen LogP contribution in [0.2, 0.25) is 0 Å². The summed E-state index contributed by atoms with van der Waals surface area (Å²) < 4.78 is 13.9. The van der Waals surface area contributed by atoms with Gasteiger partial charge >= 0.3 is 6.09 Å². The number of benzene rings is 1. The number of nitriles is 1. The Balaban J connectivity index is 1.43. The third-order valence-corrected chi connectivity index (χ3v) is 10.1. The van der Waals surface area contributed by atoms with Gasteiger partial charge in [0.05, 0.1) is 29.5 Å². The molecule has 1 amide bonds. The fourth-order valence-electron chi connectivity index (χ4n) is 7.69. The Morgan fingerprint density at radius 3 is 2.65 bits per heavy atom. The Morgan fingerprint density at radius 1 is 1.23 bits per heavy atom. The second kappa shape index (κ2) is 11.6. The lowest BCUT2D eigenvalue weighted by Gasteiger charge is -2.34. The van der Waals surface area contributed by atoms with E-state index in [1.807, 2.05) is 43.6 Å². The van der Waals surface area contributed by atoms with Crippen LogP contribution in [0.4, 0.5) is 10.6 Å². The van der Waals surface area contributed by atoms with Crippen LogP contribution in [0.15, 0.2) is 34.9 Å². The van der Waals surface area contributed by atoms with Gasteiger partial charge in [0, 0.05) is 36.0 Å². The fourth-order valence-corrected chi connectivity index (χ4v) is 8.04. The van der Waals surface area contributed by atoms with Gasteiger partial charge in [-0.1, -0.05) is 25.0 Å². The lowest BCUT2D eigenvalue weighted by Crippen LogP contribution is -2.40. The second-order valence-corrected chi connectivity index (χ2v) is 14.3. The molecule has 3 aromatic rings. The summed E-state index contributed by atoms with van der Waals surface area (Å²) in [5, 5.41) is 17.8. The van der Waals surface area contributed by atoms with E-state index in [-0.39, 0.29) is 29.5 Å². The van der Waals surface area contributed by atoms with Gasteiger partial charge in [-0.25, -0.2) is 9.78 Å². The molecule has 0 saturated heterocycles. The summed E-state index contributed by atoms with van der Waals surface area (Å²) in [6.07, 6.45) is 9.88. The van der Waals surface area contributed by atoms with Crippen molar-refractivity contribution in [2.24, 2.45) is 5.92 Å². The number of rotatable bonds is 7. The van der Waals surface area contributed by atoms with E-state index in [0.717, 1.165) is 71.5 Å². The van der Waals surface area contributed by atoms with E-state index in [9.17, 15) is 10.1 Å². The monoisotopic (exact) mass is 648 g/mol. The van der Waals surface area contributed by atoms with Crippen molar-refractivity contribution < 1.29 is 14.3 Å².